The van der Waals surface area contributed by atoms with Crippen LogP contribution in [-0.4, -0.2) is 85.6 Å². The molecule has 21 heavy (non-hydrogen) atoms. The molecule has 6 nitrogen and oxygen atoms in total. The Morgan fingerprint density at radius 2 is 1.86 bits per heavy atom. The predicted octanol–water partition coefficient (Wildman–Crippen LogP) is -0.293. The van der Waals surface area contributed by atoms with E-state index < -0.39 is 0 Å². The Labute approximate surface area is 126 Å². The fraction of sp³-hybridized carbons (Fsp3) is 0.933. The summed E-state index contributed by atoms with van der Waals surface area (Å²) in [6.45, 7) is 5.20. The lowest BCUT2D eigenvalue weighted by atomic mass is 9.94. The molecule has 0 radical (unpaired) electrons. The monoisotopic (exact) mass is 298 g/mol. The maximum Gasteiger partial charge on any atom is 0.236 e. The van der Waals surface area contributed by atoms with Crippen molar-refractivity contribution in [2.45, 2.75) is 31.4 Å². The van der Waals surface area contributed by atoms with Gasteiger partial charge in [0.2, 0.25) is 5.91 Å². The van der Waals surface area contributed by atoms with Crippen molar-refractivity contribution in [3.8, 4) is 0 Å². The van der Waals surface area contributed by atoms with Gasteiger partial charge < -0.3 is 19.5 Å². The second kappa shape index (κ2) is 7.05. The first-order valence-electron chi connectivity index (χ1n) is 8.11. The average molecular weight is 298 g/mol. The molecule has 0 bridgehead atoms. The van der Waals surface area contributed by atoms with Crippen molar-refractivity contribution in [1.82, 2.24) is 9.80 Å². The van der Waals surface area contributed by atoms with Crippen LogP contribution in [0.2, 0.25) is 0 Å². The van der Waals surface area contributed by atoms with Gasteiger partial charge in [0.1, 0.15) is 0 Å². The van der Waals surface area contributed by atoms with E-state index in [1.807, 2.05) is 4.90 Å². The number of aliphatic hydroxyl groups is 1. The number of rotatable bonds is 3. The van der Waals surface area contributed by atoms with Crippen LogP contribution in [0.3, 0.4) is 0 Å². The van der Waals surface area contributed by atoms with Gasteiger partial charge in [-0.25, -0.2) is 0 Å². The van der Waals surface area contributed by atoms with Crippen LogP contribution in [0.1, 0.15) is 19.3 Å². The topological polar surface area (TPSA) is 62.2 Å². The molecule has 2 heterocycles. The lowest BCUT2D eigenvalue weighted by Gasteiger charge is -2.40. The van der Waals surface area contributed by atoms with Gasteiger partial charge in [-0.3, -0.25) is 9.69 Å². The summed E-state index contributed by atoms with van der Waals surface area (Å²) in [6, 6.07) is 0.182. The number of amides is 1. The maximum atomic E-state index is 12.4. The van der Waals surface area contributed by atoms with Gasteiger partial charge in [0.15, 0.2) is 0 Å². The molecule has 3 aliphatic rings. The second-order valence-corrected chi connectivity index (χ2v) is 6.27. The Hall–Kier alpha value is -0.690. The zero-order valence-electron chi connectivity index (χ0n) is 12.6. The third kappa shape index (κ3) is 3.56. The molecule has 1 aliphatic carbocycles. The van der Waals surface area contributed by atoms with Crippen LogP contribution in [0.15, 0.2) is 0 Å². The standard InChI is InChI=1S/C15H26N2O4/c18-14-3-1-2-12(14)13-11-21-9-6-17(13)10-15(19)16-4-7-20-8-5-16/h12-14,18H,1-11H2/t12-,13-,14-/m1/s1. The van der Waals surface area contributed by atoms with E-state index in [-0.39, 0.29) is 24.0 Å². The van der Waals surface area contributed by atoms with Gasteiger partial charge in [-0.2, -0.15) is 0 Å². The van der Waals surface area contributed by atoms with Crippen LogP contribution < -0.4 is 0 Å². The Morgan fingerprint density at radius 3 is 2.57 bits per heavy atom. The van der Waals surface area contributed by atoms with E-state index in [4.69, 9.17) is 9.47 Å². The molecule has 1 amide bonds. The molecule has 1 N–H and O–H groups in total. The minimum atomic E-state index is -0.238. The van der Waals surface area contributed by atoms with Crippen LogP contribution in [0.25, 0.3) is 0 Å². The number of carbonyl (C=O) groups is 1. The van der Waals surface area contributed by atoms with Crippen molar-refractivity contribution >= 4 is 5.91 Å². The minimum Gasteiger partial charge on any atom is -0.393 e. The number of morpholine rings is 2. The van der Waals surface area contributed by atoms with Gasteiger partial charge in [-0.15, -0.1) is 0 Å². The predicted molar refractivity (Wildman–Crippen MR) is 76.9 cm³/mol. The van der Waals surface area contributed by atoms with Gasteiger partial charge in [0.25, 0.3) is 0 Å². The normalized spacial score (nSPS) is 35.1. The summed E-state index contributed by atoms with van der Waals surface area (Å²) in [4.78, 5) is 16.5. The van der Waals surface area contributed by atoms with Crippen molar-refractivity contribution in [3.63, 3.8) is 0 Å². The molecule has 3 rings (SSSR count). The van der Waals surface area contributed by atoms with E-state index >= 15 is 0 Å². The van der Waals surface area contributed by atoms with Gasteiger partial charge >= 0.3 is 0 Å². The molecular formula is C15H26N2O4. The first-order valence-corrected chi connectivity index (χ1v) is 8.11. The number of ether oxygens (including phenoxy) is 2. The highest BCUT2D eigenvalue weighted by atomic mass is 16.5. The van der Waals surface area contributed by atoms with Crippen molar-refractivity contribution in [2.75, 3.05) is 52.6 Å². The highest BCUT2D eigenvalue weighted by Gasteiger charge is 2.38. The van der Waals surface area contributed by atoms with Gasteiger partial charge in [0.05, 0.1) is 39.1 Å². The molecule has 2 aliphatic heterocycles. The lowest BCUT2D eigenvalue weighted by molar-refractivity contribution is -0.140. The van der Waals surface area contributed by atoms with E-state index in [1.165, 1.54) is 0 Å². The molecule has 0 aromatic rings. The molecular weight excluding hydrogens is 272 g/mol. The third-order valence-electron chi connectivity index (χ3n) is 5.01. The third-order valence-corrected chi connectivity index (χ3v) is 5.01. The van der Waals surface area contributed by atoms with E-state index in [1.54, 1.807) is 0 Å². The summed E-state index contributed by atoms with van der Waals surface area (Å²) in [5.74, 6) is 0.431. The summed E-state index contributed by atoms with van der Waals surface area (Å²) in [6.07, 6.45) is 2.76. The van der Waals surface area contributed by atoms with Crippen molar-refractivity contribution in [1.29, 1.82) is 0 Å². The SMILES string of the molecule is O=C(CN1CCOC[C@@H]1[C@H]1CCC[C@H]1O)N1CCOCC1. The van der Waals surface area contributed by atoms with E-state index in [0.717, 1.165) is 25.8 Å². The quantitative estimate of drug-likeness (QED) is 0.775. The van der Waals surface area contributed by atoms with Crippen molar-refractivity contribution in [2.24, 2.45) is 5.92 Å². The Balaban J connectivity index is 1.59. The summed E-state index contributed by atoms with van der Waals surface area (Å²) in [5, 5.41) is 10.1. The summed E-state index contributed by atoms with van der Waals surface area (Å²) in [5.41, 5.74) is 0. The van der Waals surface area contributed by atoms with Gasteiger partial charge in [-0.1, -0.05) is 6.42 Å². The van der Waals surface area contributed by atoms with Gasteiger partial charge in [-0.05, 0) is 12.8 Å². The van der Waals surface area contributed by atoms with Crippen molar-refractivity contribution < 1.29 is 19.4 Å². The van der Waals surface area contributed by atoms with Crippen molar-refractivity contribution in [3.05, 3.63) is 0 Å². The molecule has 6 heteroatoms. The van der Waals surface area contributed by atoms with Crippen LogP contribution in [0.5, 0.6) is 0 Å². The van der Waals surface area contributed by atoms with Gasteiger partial charge in [0, 0.05) is 31.6 Å². The molecule has 120 valence electrons. The zero-order chi connectivity index (χ0) is 14.7. The molecule has 0 spiro atoms. The number of aliphatic hydroxyl groups excluding tert-OH is 1. The Morgan fingerprint density at radius 1 is 1.10 bits per heavy atom. The fourth-order valence-electron chi connectivity index (χ4n) is 3.75. The fourth-order valence-corrected chi connectivity index (χ4v) is 3.75. The smallest absolute Gasteiger partial charge is 0.236 e. The van der Waals surface area contributed by atoms with E-state index in [9.17, 15) is 9.90 Å². The Kier molecular flexibility index (Phi) is 5.11. The molecule has 3 atom stereocenters. The first kappa shape index (κ1) is 15.2. The average Bonchev–Trinajstić information content (AvgIpc) is 2.95. The van der Waals surface area contributed by atoms with E-state index in [2.05, 4.69) is 4.90 Å². The highest BCUT2D eigenvalue weighted by molar-refractivity contribution is 5.78. The summed E-state index contributed by atoms with van der Waals surface area (Å²) in [7, 11) is 0. The molecule has 2 saturated heterocycles. The number of nitrogens with zero attached hydrogens (tertiary/aromatic N) is 2. The lowest BCUT2D eigenvalue weighted by Crippen LogP contribution is -2.55. The van der Waals surface area contributed by atoms with E-state index in [0.29, 0.717) is 46.1 Å². The van der Waals surface area contributed by atoms with Crippen LogP contribution >= 0.6 is 0 Å². The minimum absolute atomic E-state index is 0.178. The summed E-state index contributed by atoms with van der Waals surface area (Å²) >= 11 is 0. The molecule has 3 fully saturated rings. The zero-order valence-corrected chi connectivity index (χ0v) is 12.6. The second-order valence-electron chi connectivity index (χ2n) is 6.27. The van der Waals surface area contributed by atoms with Crippen LogP contribution in [-0.2, 0) is 14.3 Å². The number of hydrogen-bond acceptors (Lipinski definition) is 5. The first-order chi connectivity index (χ1) is 10.3. The largest absolute Gasteiger partial charge is 0.393 e. The Bertz CT molecular complexity index is 360. The molecule has 1 saturated carbocycles. The highest BCUT2D eigenvalue weighted by Crippen LogP contribution is 2.32. The molecule has 0 unspecified atom stereocenters. The van der Waals surface area contributed by atoms with Crippen LogP contribution in [0, 0.1) is 5.92 Å². The summed E-state index contributed by atoms with van der Waals surface area (Å²) < 4.78 is 10.9. The molecule has 0 aromatic heterocycles. The maximum absolute atomic E-state index is 12.4. The van der Waals surface area contributed by atoms with Crippen LogP contribution in [0.4, 0.5) is 0 Å². The number of hydrogen-bond donors (Lipinski definition) is 1. The molecule has 0 aromatic carbocycles. The number of carbonyl (C=O) groups excluding carboxylic acids is 1.